The van der Waals surface area contributed by atoms with Crippen LogP contribution in [0, 0.1) is 0 Å². The maximum atomic E-state index is 13.1. The van der Waals surface area contributed by atoms with Crippen molar-refractivity contribution in [3.8, 4) is 0 Å². The van der Waals surface area contributed by atoms with Crippen molar-refractivity contribution in [2.24, 2.45) is 0 Å². The predicted octanol–water partition coefficient (Wildman–Crippen LogP) is 2.79. The first-order valence-electron chi connectivity index (χ1n) is 9.03. The molecule has 2 aliphatic rings. The van der Waals surface area contributed by atoms with Crippen molar-refractivity contribution >= 4 is 39.2 Å². The summed E-state index contributed by atoms with van der Waals surface area (Å²) in [6.45, 7) is 0. The molecule has 27 heavy (non-hydrogen) atoms. The minimum atomic E-state index is -0.983. The van der Waals surface area contributed by atoms with E-state index in [2.05, 4.69) is 5.32 Å². The van der Waals surface area contributed by atoms with E-state index in [1.165, 1.54) is 16.2 Å². The van der Waals surface area contributed by atoms with Gasteiger partial charge in [-0.15, -0.1) is 11.3 Å². The summed E-state index contributed by atoms with van der Waals surface area (Å²) in [4.78, 5) is 39.0. The SMILES string of the molecule is O=C(NC1CC=CCC2CCC(C(=O)O)N2C1=O)c1cccc2ccsc12. The van der Waals surface area contributed by atoms with E-state index < -0.39 is 18.1 Å². The lowest BCUT2D eigenvalue weighted by atomic mass is 10.0. The molecule has 1 aromatic heterocycles. The molecule has 3 heterocycles. The molecule has 1 saturated heterocycles. The number of nitrogens with one attached hydrogen (secondary N) is 1. The maximum Gasteiger partial charge on any atom is 0.326 e. The zero-order valence-electron chi connectivity index (χ0n) is 14.6. The van der Waals surface area contributed by atoms with E-state index in [9.17, 15) is 19.5 Å². The lowest BCUT2D eigenvalue weighted by Crippen LogP contribution is -2.54. The molecule has 3 unspecified atom stereocenters. The largest absolute Gasteiger partial charge is 0.480 e. The lowest BCUT2D eigenvalue weighted by molar-refractivity contribution is -0.150. The van der Waals surface area contributed by atoms with E-state index in [1.807, 2.05) is 35.7 Å². The standard InChI is InChI=1S/C20H20N2O4S/c23-18(14-6-3-4-12-10-11-27-17(12)14)21-15-7-2-1-5-13-8-9-16(20(25)26)22(13)19(15)24/h1-4,6,10-11,13,15-16H,5,7-9H2,(H,21,23)(H,25,26). The Hall–Kier alpha value is -2.67. The zero-order valence-corrected chi connectivity index (χ0v) is 15.4. The number of carbonyl (C=O) groups is 3. The molecule has 2 amide bonds. The van der Waals surface area contributed by atoms with Crippen LogP contribution in [0.25, 0.3) is 10.1 Å². The molecular formula is C20H20N2O4S. The Morgan fingerprint density at radius 1 is 1.15 bits per heavy atom. The van der Waals surface area contributed by atoms with Crippen LogP contribution in [0.2, 0.25) is 0 Å². The van der Waals surface area contributed by atoms with Crippen molar-refractivity contribution < 1.29 is 19.5 Å². The van der Waals surface area contributed by atoms with Crippen molar-refractivity contribution in [2.75, 3.05) is 0 Å². The van der Waals surface area contributed by atoms with Crippen LogP contribution >= 0.6 is 11.3 Å². The fourth-order valence-electron chi connectivity index (χ4n) is 3.99. The Balaban J connectivity index is 1.60. The van der Waals surface area contributed by atoms with E-state index >= 15 is 0 Å². The topological polar surface area (TPSA) is 86.7 Å². The van der Waals surface area contributed by atoms with E-state index in [1.54, 1.807) is 6.07 Å². The van der Waals surface area contributed by atoms with Crippen LogP contribution in [0.4, 0.5) is 0 Å². The van der Waals surface area contributed by atoms with Crippen molar-refractivity contribution in [3.05, 3.63) is 47.4 Å². The number of amides is 2. The van der Waals surface area contributed by atoms with Gasteiger partial charge in [-0.25, -0.2) is 4.79 Å². The molecule has 1 fully saturated rings. The second-order valence-corrected chi connectivity index (χ2v) is 7.86. The number of carboxylic acids is 1. The summed E-state index contributed by atoms with van der Waals surface area (Å²) in [5, 5.41) is 15.2. The fraction of sp³-hybridized carbons (Fsp3) is 0.350. The van der Waals surface area contributed by atoms with Gasteiger partial charge >= 0.3 is 5.97 Å². The van der Waals surface area contributed by atoms with Crippen molar-refractivity contribution in [2.45, 2.75) is 43.8 Å². The van der Waals surface area contributed by atoms with Gasteiger partial charge in [-0.1, -0.05) is 24.3 Å². The quantitative estimate of drug-likeness (QED) is 0.797. The first-order valence-corrected chi connectivity index (χ1v) is 9.91. The Morgan fingerprint density at radius 2 is 1.96 bits per heavy atom. The maximum absolute atomic E-state index is 13.1. The van der Waals surface area contributed by atoms with Crippen LogP contribution in [-0.4, -0.2) is 45.9 Å². The number of aliphatic carboxylic acids is 1. The van der Waals surface area contributed by atoms with Gasteiger partial charge in [0, 0.05) is 10.7 Å². The van der Waals surface area contributed by atoms with Gasteiger partial charge in [0.2, 0.25) is 5.91 Å². The zero-order chi connectivity index (χ0) is 19.0. The van der Waals surface area contributed by atoms with E-state index in [0.29, 0.717) is 31.2 Å². The Labute approximate surface area is 160 Å². The number of carbonyl (C=O) groups excluding carboxylic acids is 2. The molecule has 3 atom stereocenters. The molecule has 1 aromatic carbocycles. The van der Waals surface area contributed by atoms with Gasteiger partial charge in [0.15, 0.2) is 0 Å². The summed E-state index contributed by atoms with van der Waals surface area (Å²) < 4.78 is 0.881. The predicted molar refractivity (Wildman–Crippen MR) is 103 cm³/mol. The number of hydrogen-bond acceptors (Lipinski definition) is 4. The van der Waals surface area contributed by atoms with Crippen LogP contribution < -0.4 is 5.32 Å². The highest BCUT2D eigenvalue weighted by Gasteiger charge is 2.43. The molecule has 140 valence electrons. The van der Waals surface area contributed by atoms with Crippen LogP contribution in [0.3, 0.4) is 0 Å². The molecule has 4 rings (SSSR count). The average molecular weight is 384 g/mol. The Kier molecular flexibility index (Phi) is 4.70. The monoisotopic (exact) mass is 384 g/mol. The highest BCUT2D eigenvalue weighted by Crippen LogP contribution is 2.30. The Bertz CT molecular complexity index is 935. The van der Waals surface area contributed by atoms with Crippen LogP contribution in [0.15, 0.2) is 41.8 Å². The van der Waals surface area contributed by atoms with E-state index in [0.717, 1.165) is 10.1 Å². The van der Waals surface area contributed by atoms with Crippen LogP contribution in [0.5, 0.6) is 0 Å². The normalized spacial score (nSPS) is 25.1. The Morgan fingerprint density at radius 3 is 2.78 bits per heavy atom. The fourth-order valence-corrected chi connectivity index (χ4v) is 4.90. The van der Waals surface area contributed by atoms with Gasteiger partial charge in [-0.05, 0) is 48.6 Å². The van der Waals surface area contributed by atoms with Gasteiger partial charge in [-0.2, -0.15) is 0 Å². The molecule has 2 N–H and O–H groups in total. The molecule has 2 aliphatic heterocycles. The number of thiophene rings is 1. The minimum Gasteiger partial charge on any atom is -0.480 e. The van der Waals surface area contributed by atoms with Gasteiger partial charge in [0.05, 0.1) is 5.56 Å². The summed E-state index contributed by atoms with van der Waals surface area (Å²) in [6.07, 6.45) is 6.02. The summed E-state index contributed by atoms with van der Waals surface area (Å²) in [5.41, 5.74) is 0.536. The third-order valence-corrected chi connectivity index (χ3v) is 6.28. The molecule has 0 aliphatic carbocycles. The van der Waals surface area contributed by atoms with Gasteiger partial charge in [-0.3, -0.25) is 9.59 Å². The van der Waals surface area contributed by atoms with E-state index in [-0.39, 0.29) is 17.9 Å². The minimum absolute atomic E-state index is 0.115. The highest BCUT2D eigenvalue weighted by atomic mass is 32.1. The second kappa shape index (κ2) is 7.15. The first-order chi connectivity index (χ1) is 13.1. The van der Waals surface area contributed by atoms with Gasteiger partial charge in [0.25, 0.3) is 5.91 Å². The van der Waals surface area contributed by atoms with Crippen molar-refractivity contribution in [1.29, 1.82) is 0 Å². The molecule has 7 heteroatoms. The third kappa shape index (κ3) is 3.23. The van der Waals surface area contributed by atoms with Crippen molar-refractivity contribution in [1.82, 2.24) is 10.2 Å². The number of rotatable bonds is 3. The number of benzene rings is 1. The highest BCUT2D eigenvalue weighted by molar-refractivity contribution is 7.17. The van der Waals surface area contributed by atoms with Gasteiger partial charge < -0.3 is 15.3 Å². The number of hydrogen-bond donors (Lipinski definition) is 2. The molecule has 0 saturated carbocycles. The summed E-state index contributed by atoms with van der Waals surface area (Å²) in [7, 11) is 0. The van der Waals surface area contributed by atoms with Crippen molar-refractivity contribution in [3.63, 3.8) is 0 Å². The molecule has 0 spiro atoms. The summed E-state index contributed by atoms with van der Waals surface area (Å²) in [6, 6.07) is 5.78. The lowest BCUT2D eigenvalue weighted by Gasteiger charge is -2.32. The number of carboxylic acid groups (broad SMARTS) is 1. The number of nitrogens with zero attached hydrogens (tertiary/aromatic N) is 1. The van der Waals surface area contributed by atoms with E-state index in [4.69, 9.17) is 0 Å². The molecule has 2 aromatic rings. The smallest absolute Gasteiger partial charge is 0.326 e. The first kappa shape index (κ1) is 17.7. The molecular weight excluding hydrogens is 364 g/mol. The third-order valence-electron chi connectivity index (χ3n) is 5.32. The average Bonchev–Trinajstić information content (AvgIpc) is 3.28. The summed E-state index contributed by atoms with van der Waals surface area (Å²) in [5.74, 6) is -1.59. The molecule has 0 radical (unpaired) electrons. The van der Waals surface area contributed by atoms with Crippen LogP contribution in [-0.2, 0) is 9.59 Å². The summed E-state index contributed by atoms with van der Waals surface area (Å²) >= 11 is 1.48. The number of fused-ring (bicyclic) bond motifs is 2. The van der Waals surface area contributed by atoms with Crippen LogP contribution in [0.1, 0.15) is 36.0 Å². The van der Waals surface area contributed by atoms with Gasteiger partial charge in [0.1, 0.15) is 12.1 Å². The second-order valence-electron chi connectivity index (χ2n) is 6.94. The molecule has 6 nitrogen and oxygen atoms in total. The molecule has 0 bridgehead atoms.